The van der Waals surface area contributed by atoms with E-state index < -0.39 is 4.92 Å². The van der Waals surface area contributed by atoms with Crippen molar-refractivity contribution in [3.63, 3.8) is 0 Å². The lowest BCUT2D eigenvalue weighted by Gasteiger charge is -2.25. The maximum Gasteiger partial charge on any atom is 0.269 e. The van der Waals surface area contributed by atoms with Gasteiger partial charge in [0.25, 0.3) is 11.6 Å². The smallest absolute Gasteiger partial charge is 0.269 e. The van der Waals surface area contributed by atoms with Gasteiger partial charge in [0.15, 0.2) is 6.61 Å². The Morgan fingerprint density at radius 3 is 2.37 bits per heavy atom. The molecule has 0 spiro atoms. The number of benzene rings is 2. The zero-order valence-corrected chi connectivity index (χ0v) is 15.2. The number of amides is 1. The Kier molecular flexibility index (Phi) is 5.90. The molecule has 0 aliphatic carbocycles. The lowest BCUT2D eigenvalue weighted by atomic mass is 10.0. The van der Waals surface area contributed by atoms with Gasteiger partial charge in [-0.25, -0.2) is 0 Å². The average molecular weight is 370 g/mol. The van der Waals surface area contributed by atoms with E-state index in [-0.39, 0.29) is 24.2 Å². The SMILES string of the molecule is CCOc1ccc([C@@H]2CCCN2C(=O)COc2ccc([N+](=O)[O-])cc2)cc1. The second-order valence-electron chi connectivity index (χ2n) is 6.29. The molecule has 3 rings (SSSR count). The monoisotopic (exact) mass is 370 g/mol. The first kappa shape index (κ1) is 18.7. The van der Waals surface area contributed by atoms with Crippen molar-refractivity contribution in [2.45, 2.75) is 25.8 Å². The fourth-order valence-corrected chi connectivity index (χ4v) is 3.26. The molecular formula is C20H22N2O5. The van der Waals surface area contributed by atoms with E-state index in [1.54, 1.807) is 0 Å². The van der Waals surface area contributed by atoms with Gasteiger partial charge in [-0.05, 0) is 49.6 Å². The molecule has 142 valence electrons. The molecule has 1 aliphatic heterocycles. The van der Waals surface area contributed by atoms with Gasteiger partial charge < -0.3 is 14.4 Å². The van der Waals surface area contributed by atoms with Gasteiger partial charge >= 0.3 is 0 Å². The van der Waals surface area contributed by atoms with E-state index in [0.717, 1.165) is 24.2 Å². The molecule has 27 heavy (non-hydrogen) atoms. The molecule has 7 nitrogen and oxygen atoms in total. The fourth-order valence-electron chi connectivity index (χ4n) is 3.26. The van der Waals surface area contributed by atoms with Crippen LogP contribution >= 0.6 is 0 Å². The third-order valence-corrected chi connectivity index (χ3v) is 4.56. The minimum absolute atomic E-state index is 0.0104. The van der Waals surface area contributed by atoms with Crippen LogP contribution in [-0.4, -0.2) is 35.5 Å². The molecule has 0 saturated carbocycles. The minimum atomic E-state index is -0.472. The van der Waals surface area contributed by atoms with Crippen molar-refractivity contribution in [2.24, 2.45) is 0 Å². The largest absolute Gasteiger partial charge is 0.494 e. The van der Waals surface area contributed by atoms with E-state index in [1.165, 1.54) is 24.3 Å². The Hall–Kier alpha value is -3.09. The van der Waals surface area contributed by atoms with Gasteiger partial charge in [-0.1, -0.05) is 12.1 Å². The quantitative estimate of drug-likeness (QED) is 0.548. The summed E-state index contributed by atoms with van der Waals surface area (Å²) in [6, 6.07) is 13.6. The number of ether oxygens (including phenoxy) is 2. The van der Waals surface area contributed by atoms with E-state index in [9.17, 15) is 14.9 Å². The summed E-state index contributed by atoms with van der Waals surface area (Å²) in [5, 5.41) is 10.7. The summed E-state index contributed by atoms with van der Waals surface area (Å²) in [7, 11) is 0. The van der Waals surface area contributed by atoms with Crippen molar-refractivity contribution < 1.29 is 19.2 Å². The highest BCUT2D eigenvalue weighted by Gasteiger charge is 2.30. The molecular weight excluding hydrogens is 348 g/mol. The van der Waals surface area contributed by atoms with E-state index in [2.05, 4.69) is 0 Å². The fraction of sp³-hybridized carbons (Fsp3) is 0.350. The molecule has 1 amide bonds. The number of hydrogen-bond acceptors (Lipinski definition) is 5. The van der Waals surface area contributed by atoms with Crippen LogP contribution in [0, 0.1) is 10.1 Å². The number of carbonyl (C=O) groups excluding carboxylic acids is 1. The zero-order chi connectivity index (χ0) is 19.2. The minimum Gasteiger partial charge on any atom is -0.494 e. The summed E-state index contributed by atoms with van der Waals surface area (Å²) in [4.78, 5) is 24.7. The molecule has 1 saturated heterocycles. The van der Waals surface area contributed by atoms with Crippen LogP contribution in [0.4, 0.5) is 5.69 Å². The summed E-state index contributed by atoms with van der Waals surface area (Å²) in [5.74, 6) is 1.16. The molecule has 0 unspecified atom stereocenters. The molecule has 7 heteroatoms. The molecule has 2 aromatic carbocycles. The topological polar surface area (TPSA) is 81.9 Å². The molecule has 1 aliphatic rings. The molecule has 1 heterocycles. The van der Waals surface area contributed by atoms with Gasteiger partial charge in [0.05, 0.1) is 17.6 Å². The van der Waals surface area contributed by atoms with Crippen molar-refractivity contribution in [1.82, 2.24) is 4.90 Å². The summed E-state index contributed by atoms with van der Waals surface area (Å²) in [5.41, 5.74) is 1.07. The second-order valence-corrected chi connectivity index (χ2v) is 6.29. The molecule has 1 fully saturated rings. The Bertz CT molecular complexity index is 789. The van der Waals surface area contributed by atoms with E-state index >= 15 is 0 Å². The highest BCUT2D eigenvalue weighted by Crippen LogP contribution is 2.33. The highest BCUT2D eigenvalue weighted by atomic mass is 16.6. The lowest BCUT2D eigenvalue weighted by molar-refractivity contribution is -0.384. The van der Waals surface area contributed by atoms with Crippen LogP contribution in [0.3, 0.4) is 0 Å². The maximum absolute atomic E-state index is 12.6. The Labute approximate surface area is 157 Å². The maximum atomic E-state index is 12.6. The van der Waals surface area contributed by atoms with Gasteiger partial charge in [0.1, 0.15) is 11.5 Å². The van der Waals surface area contributed by atoms with Gasteiger partial charge in [0.2, 0.25) is 0 Å². The van der Waals surface area contributed by atoms with Crippen LogP contribution in [0.2, 0.25) is 0 Å². The molecule has 0 N–H and O–H groups in total. The summed E-state index contributed by atoms with van der Waals surface area (Å²) in [6.07, 6.45) is 1.86. The van der Waals surface area contributed by atoms with Crippen molar-refractivity contribution in [3.05, 3.63) is 64.2 Å². The lowest BCUT2D eigenvalue weighted by Crippen LogP contribution is -2.34. The number of rotatable bonds is 7. The first-order valence-corrected chi connectivity index (χ1v) is 8.98. The van der Waals surface area contributed by atoms with Crippen LogP contribution in [0.15, 0.2) is 48.5 Å². The first-order valence-electron chi connectivity index (χ1n) is 8.98. The molecule has 0 radical (unpaired) electrons. The summed E-state index contributed by atoms with van der Waals surface area (Å²) in [6.45, 7) is 3.16. The third kappa shape index (κ3) is 4.55. The Morgan fingerprint density at radius 1 is 1.11 bits per heavy atom. The van der Waals surface area contributed by atoms with Crippen LogP contribution < -0.4 is 9.47 Å². The third-order valence-electron chi connectivity index (χ3n) is 4.56. The number of nitrogens with zero attached hydrogens (tertiary/aromatic N) is 2. The zero-order valence-electron chi connectivity index (χ0n) is 15.2. The number of nitro groups is 1. The predicted octanol–water partition coefficient (Wildman–Crippen LogP) is 3.74. The van der Waals surface area contributed by atoms with Gasteiger partial charge in [-0.3, -0.25) is 14.9 Å². The van der Waals surface area contributed by atoms with Gasteiger partial charge in [-0.2, -0.15) is 0 Å². The summed E-state index contributed by atoms with van der Waals surface area (Å²) >= 11 is 0. The van der Waals surface area contributed by atoms with Crippen molar-refractivity contribution >= 4 is 11.6 Å². The standard InChI is InChI=1S/C20H22N2O5/c1-2-26-17-9-5-15(6-10-17)19-4-3-13-21(19)20(23)14-27-18-11-7-16(8-12-18)22(24)25/h5-12,19H,2-4,13-14H2,1H3/t19-/m0/s1. The Morgan fingerprint density at radius 2 is 1.74 bits per heavy atom. The normalized spacial score (nSPS) is 16.2. The number of non-ortho nitro benzene ring substituents is 1. The van der Waals surface area contributed by atoms with Crippen molar-refractivity contribution in [1.29, 1.82) is 0 Å². The van der Waals surface area contributed by atoms with Crippen molar-refractivity contribution in [2.75, 3.05) is 19.8 Å². The van der Waals surface area contributed by atoms with Gasteiger partial charge in [0, 0.05) is 18.7 Å². The van der Waals surface area contributed by atoms with E-state index in [1.807, 2.05) is 36.1 Å². The average Bonchev–Trinajstić information content (AvgIpc) is 3.17. The number of hydrogen-bond donors (Lipinski definition) is 0. The van der Waals surface area contributed by atoms with E-state index in [0.29, 0.717) is 18.9 Å². The van der Waals surface area contributed by atoms with E-state index in [4.69, 9.17) is 9.47 Å². The Balaban J connectivity index is 1.60. The predicted molar refractivity (Wildman–Crippen MR) is 99.9 cm³/mol. The number of nitro benzene ring substituents is 1. The van der Waals surface area contributed by atoms with Crippen LogP contribution in [0.25, 0.3) is 0 Å². The van der Waals surface area contributed by atoms with Crippen LogP contribution in [0.5, 0.6) is 11.5 Å². The number of likely N-dealkylation sites (tertiary alicyclic amines) is 1. The van der Waals surface area contributed by atoms with Crippen LogP contribution in [0.1, 0.15) is 31.4 Å². The number of carbonyl (C=O) groups is 1. The van der Waals surface area contributed by atoms with Crippen molar-refractivity contribution in [3.8, 4) is 11.5 Å². The first-order chi connectivity index (χ1) is 13.1. The highest BCUT2D eigenvalue weighted by molar-refractivity contribution is 5.78. The van der Waals surface area contributed by atoms with Crippen LogP contribution in [-0.2, 0) is 4.79 Å². The molecule has 1 atom stereocenters. The molecule has 2 aromatic rings. The molecule has 0 bridgehead atoms. The molecule has 0 aromatic heterocycles. The summed E-state index contributed by atoms with van der Waals surface area (Å²) < 4.78 is 11.0. The van der Waals surface area contributed by atoms with Gasteiger partial charge in [-0.15, -0.1) is 0 Å². The second kappa shape index (κ2) is 8.53.